The summed E-state index contributed by atoms with van der Waals surface area (Å²) >= 11 is 5.79. The van der Waals surface area contributed by atoms with Crippen LogP contribution in [0.25, 0.3) is 0 Å². The van der Waals surface area contributed by atoms with Gasteiger partial charge in [-0.1, -0.05) is 23.7 Å². The summed E-state index contributed by atoms with van der Waals surface area (Å²) in [5.41, 5.74) is 0.652. The molecule has 4 N–H and O–H groups in total. The first-order chi connectivity index (χ1) is 9.49. The van der Waals surface area contributed by atoms with Crippen LogP contribution in [-0.4, -0.2) is 58.1 Å². The maximum atomic E-state index is 9.68. The normalized spacial score (nSPS) is 36.0. The molecule has 5 atom stereocenters. The van der Waals surface area contributed by atoms with E-state index in [4.69, 9.17) is 21.1 Å². The topological polar surface area (TPSA) is 99.4 Å². The van der Waals surface area contributed by atoms with Gasteiger partial charge in [0.15, 0.2) is 6.29 Å². The molecule has 1 unspecified atom stereocenters. The molecule has 0 saturated carbocycles. The smallest absolute Gasteiger partial charge is 0.184 e. The van der Waals surface area contributed by atoms with Crippen molar-refractivity contribution in [2.24, 2.45) is 0 Å². The predicted octanol–water partition coefficient (Wildman–Crippen LogP) is -0.171. The van der Waals surface area contributed by atoms with Crippen LogP contribution in [0.2, 0.25) is 5.02 Å². The average Bonchev–Trinajstić information content (AvgIpc) is 2.49. The van der Waals surface area contributed by atoms with Crippen LogP contribution in [0.15, 0.2) is 24.3 Å². The molecule has 1 saturated heterocycles. The molecule has 0 bridgehead atoms. The molecule has 1 aliphatic rings. The summed E-state index contributed by atoms with van der Waals surface area (Å²) < 4.78 is 10.7. The molecule has 2 rings (SSSR count). The van der Waals surface area contributed by atoms with E-state index < -0.39 is 30.7 Å². The molecule has 1 aromatic carbocycles. The molecular weight excluding hydrogens is 288 g/mol. The molecule has 20 heavy (non-hydrogen) atoms. The minimum Gasteiger partial charge on any atom is -0.388 e. The Labute approximate surface area is 121 Å². The van der Waals surface area contributed by atoms with Crippen molar-refractivity contribution in [1.29, 1.82) is 0 Å². The summed E-state index contributed by atoms with van der Waals surface area (Å²) in [4.78, 5) is 0. The highest BCUT2D eigenvalue weighted by atomic mass is 35.5. The molecule has 0 aromatic heterocycles. The van der Waals surface area contributed by atoms with Gasteiger partial charge < -0.3 is 29.9 Å². The Kier molecular flexibility index (Phi) is 5.34. The van der Waals surface area contributed by atoms with Crippen LogP contribution in [0.4, 0.5) is 0 Å². The van der Waals surface area contributed by atoms with E-state index in [1.807, 2.05) is 0 Å². The second-order valence-corrected chi connectivity index (χ2v) is 5.10. The van der Waals surface area contributed by atoms with Crippen molar-refractivity contribution in [3.63, 3.8) is 0 Å². The molecular formula is C13H17ClO6. The van der Waals surface area contributed by atoms with E-state index in [1.165, 1.54) is 0 Å². The van der Waals surface area contributed by atoms with E-state index in [1.54, 1.807) is 24.3 Å². The Morgan fingerprint density at radius 3 is 1.75 bits per heavy atom. The zero-order chi connectivity index (χ0) is 14.7. The summed E-state index contributed by atoms with van der Waals surface area (Å²) in [6, 6.07) is 6.70. The highest BCUT2D eigenvalue weighted by molar-refractivity contribution is 6.30. The van der Waals surface area contributed by atoms with Gasteiger partial charge in [0.05, 0.1) is 13.2 Å². The van der Waals surface area contributed by atoms with Crippen LogP contribution >= 0.6 is 11.6 Å². The third kappa shape index (κ3) is 3.67. The van der Waals surface area contributed by atoms with Gasteiger partial charge >= 0.3 is 0 Å². The lowest BCUT2D eigenvalue weighted by Gasteiger charge is -2.23. The largest absolute Gasteiger partial charge is 0.388 e. The van der Waals surface area contributed by atoms with Crippen LogP contribution in [0.3, 0.4) is 0 Å². The predicted molar refractivity (Wildman–Crippen MR) is 70.1 cm³/mol. The molecule has 1 aromatic rings. The molecule has 1 fully saturated rings. The standard InChI is InChI=1S/C13H17ClO6/c14-8-3-1-7(2-4-8)13-19-5-9(15)11(17)12(18)10(16)6-20-13/h1-4,9-13,15-18H,5-6H2/t9-,10+,11-,12-,13?/m0/s1. The first-order valence-electron chi connectivity index (χ1n) is 6.20. The lowest BCUT2D eigenvalue weighted by molar-refractivity contribution is -0.170. The zero-order valence-corrected chi connectivity index (χ0v) is 11.3. The summed E-state index contributed by atoms with van der Waals surface area (Å²) in [6.07, 6.45) is -6.48. The SMILES string of the molecule is O[C@@H]1[C@@H](O)[C@@H](O)COC(c2ccc(Cl)cc2)OC[C@H]1O. The third-order valence-electron chi connectivity index (χ3n) is 3.12. The minimum atomic E-state index is -1.50. The van der Waals surface area contributed by atoms with Gasteiger partial charge in [0.2, 0.25) is 0 Å². The lowest BCUT2D eigenvalue weighted by atomic mass is 10.0. The molecule has 0 spiro atoms. The van der Waals surface area contributed by atoms with E-state index >= 15 is 0 Å². The van der Waals surface area contributed by atoms with Crippen LogP contribution in [0.5, 0.6) is 0 Å². The number of ether oxygens (including phenoxy) is 2. The second kappa shape index (κ2) is 6.82. The maximum absolute atomic E-state index is 9.68. The van der Waals surface area contributed by atoms with Crippen LogP contribution < -0.4 is 0 Å². The third-order valence-corrected chi connectivity index (χ3v) is 3.37. The van der Waals surface area contributed by atoms with Crippen molar-refractivity contribution in [3.8, 4) is 0 Å². The van der Waals surface area contributed by atoms with Crippen molar-refractivity contribution in [3.05, 3.63) is 34.9 Å². The number of rotatable bonds is 1. The Balaban J connectivity index is 2.13. The maximum Gasteiger partial charge on any atom is 0.184 e. The first-order valence-corrected chi connectivity index (χ1v) is 6.58. The van der Waals surface area contributed by atoms with Gasteiger partial charge in [-0.25, -0.2) is 0 Å². The average molecular weight is 305 g/mol. The van der Waals surface area contributed by atoms with Crippen molar-refractivity contribution in [2.45, 2.75) is 30.7 Å². The molecule has 0 amide bonds. The summed E-state index contributed by atoms with van der Waals surface area (Å²) in [5, 5.41) is 39.2. The molecule has 7 heteroatoms. The summed E-state index contributed by atoms with van der Waals surface area (Å²) in [6.45, 7) is -0.476. The number of halogens is 1. The molecule has 1 aliphatic heterocycles. The quantitative estimate of drug-likeness (QED) is 0.575. The molecule has 6 nitrogen and oxygen atoms in total. The monoisotopic (exact) mass is 304 g/mol. The van der Waals surface area contributed by atoms with Gasteiger partial charge in [0.25, 0.3) is 0 Å². The number of aliphatic hydroxyl groups is 4. The summed E-state index contributed by atoms with van der Waals surface area (Å²) in [5.74, 6) is 0. The highest BCUT2D eigenvalue weighted by Gasteiger charge is 2.33. The van der Waals surface area contributed by atoms with Crippen LogP contribution in [0, 0.1) is 0 Å². The van der Waals surface area contributed by atoms with Gasteiger partial charge in [0.1, 0.15) is 24.4 Å². The van der Waals surface area contributed by atoms with E-state index in [-0.39, 0.29) is 13.2 Å². The Morgan fingerprint density at radius 1 is 0.850 bits per heavy atom. The number of benzene rings is 1. The molecule has 1 heterocycles. The molecule has 112 valence electrons. The fourth-order valence-electron chi connectivity index (χ4n) is 1.88. The fourth-order valence-corrected chi connectivity index (χ4v) is 2.01. The molecule has 0 radical (unpaired) electrons. The number of aliphatic hydroxyl groups excluding tert-OH is 4. The lowest BCUT2D eigenvalue weighted by Crippen LogP contribution is -2.46. The van der Waals surface area contributed by atoms with Gasteiger partial charge in [0, 0.05) is 10.6 Å². The van der Waals surface area contributed by atoms with E-state index in [9.17, 15) is 20.4 Å². The Hall–Kier alpha value is -0.730. The first kappa shape index (κ1) is 15.7. The van der Waals surface area contributed by atoms with Crippen LogP contribution in [0.1, 0.15) is 11.9 Å². The van der Waals surface area contributed by atoms with Gasteiger partial charge in [-0.3, -0.25) is 0 Å². The highest BCUT2D eigenvalue weighted by Crippen LogP contribution is 2.24. The van der Waals surface area contributed by atoms with E-state index in [0.29, 0.717) is 10.6 Å². The van der Waals surface area contributed by atoms with Gasteiger partial charge in [-0.05, 0) is 12.1 Å². The molecule has 0 aliphatic carbocycles. The van der Waals surface area contributed by atoms with Gasteiger partial charge in [-0.15, -0.1) is 0 Å². The Bertz CT molecular complexity index is 407. The minimum absolute atomic E-state index is 0.238. The zero-order valence-electron chi connectivity index (χ0n) is 10.6. The van der Waals surface area contributed by atoms with Crippen molar-refractivity contribution < 1.29 is 29.9 Å². The van der Waals surface area contributed by atoms with Crippen molar-refractivity contribution >= 4 is 11.6 Å². The van der Waals surface area contributed by atoms with Crippen molar-refractivity contribution in [2.75, 3.05) is 13.2 Å². The van der Waals surface area contributed by atoms with Crippen molar-refractivity contribution in [1.82, 2.24) is 0 Å². The second-order valence-electron chi connectivity index (χ2n) is 4.67. The van der Waals surface area contributed by atoms with E-state index in [0.717, 1.165) is 0 Å². The number of hydrogen-bond donors (Lipinski definition) is 4. The summed E-state index contributed by atoms with van der Waals surface area (Å²) in [7, 11) is 0. The number of hydrogen-bond acceptors (Lipinski definition) is 6. The van der Waals surface area contributed by atoms with Gasteiger partial charge in [-0.2, -0.15) is 0 Å². The van der Waals surface area contributed by atoms with E-state index in [2.05, 4.69) is 0 Å². The fraction of sp³-hybridized carbons (Fsp3) is 0.538. The Morgan fingerprint density at radius 2 is 1.30 bits per heavy atom. The van der Waals surface area contributed by atoms with Crippen LogP contribution in [-0.2, 0) is 9.47 Å².